The Morgan fingerprint density at radius 1 is 1.17 bits per heavy atom. The maximum absolute atomic E-state index is 11.3. The summed E-state index contributed by atoms with van der Waals surface area (Å²) in [5.41, 5.74) is 0.507. The number of hydrogen-bond acceptors (Lipinski definition) is 3. The van der Waals surface area contributed by atoms with E-state index in [0.29, 0.717) is 18.6 Å². The number of rotatable bonds is 5. The summed E-state index contributed by atoms with van der Waals surface area (Å²) in [4.78, 5) is 14.0. The van der Waals surface area contributed by atoms with Crippen LogP contribution in [0, 0.1) is 0 Å². The summed E-state index contributed by atoms with van der Waals surface area (Å²) in [6, 6.07) is 0. The van der Waals surface area contributed by atoms with Gasteiger partial charge in [-0.05, 0) is 52.1 Å². The van der Waals surface area contributed by atoms with Crippen molar-refractivity contribution >= 4 is 5.97 Å². The third-order valence-electron chi connectivity index (χ3n) is 4.64. The van der Waals surface area contributed by atoms with Gasteiger partial charge >= 0.3 is 5.97 Å². The molecule has 0 radical (unpaired) electrons. The zero-order chi connectivity index (χ0) is 12.8. The van der Waals surface area contributed by atoms with E-state index in [4.69, 9.17) is 4.74 Å². The van der Waals surface area contributed by atoms with Crippen LogP contribution in [0.3, 0.4) is 0 Å². The molecular weight excluding hydrogens is 226 g/mol. The molecule has 104 valence electrons. The predicted molar refractivity (Wildman–Crippen MR) is 72.5 cm³/mol. The van der Waals surface area contributed by atoms with Gasteiger partial charge in [0, 0.05) is 12.0 Å². The molecule has 0 amide bonds. The maximum atomic E-state index is 11.3. The second-order valence-corrected chi connectivity index (χ2v) is 5.78. The fourth-order valence-electron chi connectivity index (χ4n) is 3.77. The van der Waals surface area contributed by atoms with Gasteiger partial charge in [0.25, 0.3) is 0 Å². The lowest BCUT2D eigenvalue weighted by molar-refractivity contribution is -0.143. The van der Waals surface area contributed by atoms with Crippen molar-refractivity contribution in [2.24, 2.45) is 0 Å². The summed E-state index contributed by atoms with van der Waals surface area (Å²) < 4.78 is 4.99. The van der Waals surface area contributed by atoms with Crippen molar-refractivity contribution in [1.82, 2.24) is 4.90 Å². The summed E-state index contributed by atoms with van der Waals surface area (Å²) in [6.07, 6.45) is 11.2. The monoisotopic (exact) mass is 253 g/mol. The summed E-state index contributed by atoms with van der Waals surface area (Å²) in [5, 5.41) is 0. The second kappa shape index (κ2) is 6.55. The van der Waals surface area contributed by atoms with E-state index in [2.05, 4.69) is 4.90 Å². The third kappa shape index (κ3) is 3.25. The van der Waals surface area contributed by atoms with Gasteiger partial charge in [-0.15, -0.1) is 0 Å². The molecule has 0 aromatic heterocycles. The van der Waals surface area contributed by atoms with Crippen LogP contribution in [0.4, 0.5) is 0 Å². The first-order valence-electron chi connectivity index (χ1n) is 7.67. The molecule has 0 unspecified atom stereocenters. The van der Waals surface area contributed by atoms with Gasteiger partial charge in [0.1, 0.15) is 0 Å². The number of carbonyl (C=O) groups excluding carboxylic acids is 1. The molecule has 1 heterocycles. The Balaban J connectivity index is 1.76. The molecular formula is C15H27NO2. The molecule has 0 bridgehead atoms. The Morgan fingerprint density at radius 3 is 2.61 bits per heavy atom. The van der Waals surface area contributed by atoms with Gasteiger partial charge in [0.15, 0.2) is 0 Å². The highest BCUT2D eigenvalue weighted by Crippen LogP contribution is 2.41. The molecule has 3 nitrogen and oxygen atoms in total. The smallest absolute Gasteiger partial charge is 0.305 e. The molecule has 1 saturated carbocycles. The van der Waals surface area contributed by atoms with Crippen molar-refractivity contribution in [1.29, 1.82) is 0 Å². The van der Waals surface area contributed by atoms with Crippen molar-refractivity contribution in [2.75, 3.05) is 19.7 Å². The van der Waals surface area contributed by atoms with Crippen LogP contribution in [-0.2, 0) is 9.53 Å². The number of nitrogens with zero attached hydrogens (tertiary/aromatic N) is 1. The molecule has 2 fully saturated rings. The zero-order valence-corrected chi connectivity index (χ0v) is 11.7. The van der Waals surface area contributed by atoms with Gasteiger partial charge in [-0.3, -0.25) is 9.69 Å². The van der Waals surface area contributed by atoms with E-state index in [0.717, 1.165) is 13.0 Å². The lowest BCUT2D eigenvalue weighted by atomic mass is 9.79. The van der Waals surface area contributed by atoms with Crippen LogP contribution in [0.1, 0.15) is 64.7 Å². The predicted octanol–water partition coefficient (Wildman–Crippen LogP) is 3.13. The Bertz CT molecular complexity index is 272. The molecule has 1 spiro atoms. The first kappa shape index (κ1) is 13.9. The fraction of sp³-hybridized carbons (Fsp3) is 0.933. The first-order chi connectivity index (χ1) is 8.77. The largest absolute Gasteiger partial charge is 0.466 e. The Labute approximate surface area is 111 Å². The lowest BCUT2D eigenvalue weighted by Gasteiger charge is -2.41. The minimum absolute atomic E-state index is 0.0330. The zero-order valence-electron chi connectivity index (χ0n) is 11.7. The van der Waals surface area contributed by atoms with Crippen LogP contribution in [0.25, 0.3) is 0 Å². The van der Waals surface area contributed by atoms with Crippen LogP contribution >= 0.6 is 0 Å². The van der Waals surface area contributed by atoms with Crippen LogP contribution in [0.5, 0.6) is 0 Å². The molecule has 3 heteroatoms. The molecule has 0 aromatic carbocycles. The number of ether oxygens (including phenoxy) is 1. The quantitative estimate of drug-likeness (QED) is 0.705. The van der Waals surface area contributed by atoms with Crippen molar-refractivity contribution < 1.29 is 9.53 Å². The second-order valence-electron chi connectivity index (χ2n) is 5.78. The van der Waals surface area contributed by atoms with Gasteiger partial charge in [0.2, 0.25) is 0 Å². The molecule has 2 rings (SSSR count). The van der Waals surface area contributed by atoms with E-state index in [9.17, 15) is 4.79 Å². The Morgan fingerprint density at radius 2 is 1.89 bits per heavy atom. The van der Waals surface area contributed by atoms with Crippen LogP contribution in [0.2, 0.25) is 0 Å². The minimum atomic E-state index is -0.0330. The molecule has 1 saturated heterocycles. The molecule has 18 heavy (non-hydrogen) atoms. The van der Waals surface area contributed by atoms with Crippen molar-refractivity contribution in [3.05, 3.63) is 0 Å². The van der Waals surface area contributed by atoms with Crippen molar-refractivity contribution in [3.8, 4) is 0 Å². The number of esters is 1. The number of carbonyl (C=O) groups is 1. The molecule has 0 N–H and O–H groups in total. The van der Waals surface area contributed by atoms with E-state index >= 15 is 0 Å². The van der Waals surface area contributed by atoms with Crippen LogP contribution < -0.4 is 0 Å². The van der Waals surface area contributed by atoms with Gasteiger partial charge in [-0.25, -0.2) is 0 Å². The molecule has 2 aliphatic rings. The van der Waals surface area contributed by atoms with Gasteiger partial charge in [-0.2, -0.15) is 0 Å². The topological polar surface area (TPSA) is 29.5 Å². The normalized spacial score (nSPS) is 23.4. The maximum Gasteiger partial charge on any atom is 0.305 e. The SMILES string of the molecule is CCOC(=O)CCCN1CCCC12CCCCC2. The van der Waals surface area contributed by atoms with Crippen LogP contribution in [-0.4, -0.2) is 36.1 Å². The van der Waals surface area contributed by atoms with E-state index in [1.54, 1.807) is 0 Å². The highest BCUT2D eigenvalue weighted by molar-refractivity contribution is 5.69. The van der Waals surface area contributed by atoms with Gasteiger partial charge in [0.05, 0.1) is 6.61 Å². The summed E-state index contributed by atoms with van der Waals surface area (Å²) in [7, 11) is 0. The number of likely N-dealkylation sites (tertiary alicyclic amines) is 1. The highest BCUT2D eigenvalue weighted by atomic mass is 16.5. The third-order valence-corrected chi connectivity index (χ3v) is 4.64. The average molecular weight is 253 g/mol. The van der Waals surface area contributed by atoms with Crippen molar-refractivity contribution in [2.45, 2.75) is 70.3 Å². The van der Waals surface area contributed by atoms with E-state index in [1.807, 2.05) is 6.92 Å². The highest BCUT2D eigenvalue weighted by Gasteiger charge is 2.40. The molecule has 1 aliphatic carbocycles. The Kier molecular flexibility index (Phi) is 5.04. The summed E-state index contributed by atoms with van der Waals surface area (Å²) in [5.74, 6) is -0.0330. The van der Waals surface area contributed by atoms with E-state index in [1.165, 1.54) is 51.5 Å². The van der Waals surface area contributed by atoms with Gasteiger partial charge < -0.3 is 4.74 Å². The fourth-order valence-corrected chi connectivity index (χ4v) is 3.77. The minimum Gasteiger partial charge on any atom is -0.466 e. The van der Waals surface area contributed by atoms with Crippen molar-refractivity contribution in [3.63, 3.8) is 0 Å². The Hall–Kier alpha value is -0.570. The summed E-state index contributed by atoms with van der Waals surface area (Å²) in [6.45, 7) is 4.70. The average Bonchev–Trinajstić information content (AvgIpc) is 2.74. The lowest BCUT2D eigenvalue weighted by Crippen LogP contribution is -2.45. The number of hydrogen-bond donors (Lipinski definition) is 0. The molecule has 0 atom stereocenters. The van der Waals surface area contributed by atoms with Crippen LogP contribution in [0.15, 0.2) is 0 Å². The van der Waals surface area contributed by atoms with E-state index in [-0.39, 0.29) is 5.97 Å². The van der Waals surface area contributed by atoms with Gasteiger partial charge in [-0.1, -0.05) is 19.3 Å². The standard InChI is InChI=1S/C15H27NO2/c1-2-18-14(17)8-6-12-16-13-7-11-15(16)9-4-3-5-10-15/h2-13H2,1H3. The molecule has 0 aromatic rings. The first-order valence-corrected chi connectivity index (χ1v) is 7.67. The van der Waals surface area contributed by atoms with E-state index < -0.39 is 0 Å². The summed E-state index contributed by atoms with van der Waals surface area (Å²) >= 11 is 0. The molecule has 1 aliphatic heterocycles.